The van der Waals surface area contributed by atoms with Crippen LogP contribution in [0.25, 0.3) is 0 Å². The lowest BCUT2D eigenvalue weighted by atomic mass is 9.99. The fourth-order valence-corrected chi connectivity index (χ4v) is 5.98. The number of thioether (sulfide) groups is 1. The number of carbonyl (C=O) groups excluding carboxylic acids is 2. The molecule has 2 aromatic rings. The van der Waals surface area contributed by atoms with Gasteiger partial charge < -0.3 is 9.80 Å². The first kappa shape index (κ1) is 21.9. The molecule has 2 aliphatic rings. The van der Waals surface area contributed by atoms with E-state index < -0.39 is 5.82 Å². The van der Waals surface area contributed by atoms with Crippen molar-refractivity contribution in [2.75, 3.05) is 25.4 Å². The molecule has 4 rings (SSSR count). The van der Waals surface area contributed by atoms with Crippen molar-refractivity contribution in [2.45, 2.75) is 43.9 Å². The van der Waals surface area contributed by atoms with Crippen molar-refractivity contribution in [2.24, 2.45) is 0 Å². The Morgan fingerprint density at radius 2 is 1.71 bits per heavy atom. The summed E-state index contributed by atoms with van der Waals surface area (Å²) >= 11 is 1.77. The summed E-state index contributed by atoms with van der Waals surface area (Å²) in [4.78, 5) is 29.4. The normalized spacial score (nSPS) is 17.9. The van der Waals surface area contributed by atoms with Crippen LogP contribution in [0.4, 0.5) is 4.39 Å². The van der Waals surface area contributed by atoms with Gasteiger partial charge in [0.15, 0.2) is 0 Å². The van der Waals surface area contributed by atoms with E-state index in [1.54, 1.807) is 30.0 Å². The average Bonchev–Trinajstić information content (AvgIpc) is 3.21. The van der Waals surface area contributed by atoms with E-state index in [-0.39, 0.29) is 22.2 Å². The molecule has 1 spiro atoms. The van der Waals surface area contributed by atoms with E-state index in [1.165, 1.54) is 11.6 Å². The molecule has 2 saturated heterocycles. The molecule has 31 heavy (non-hydrogen) atoms. The lowest BCUT2D eigenvalue weighted by molar-refractivity contribution is 0.0495. The second-order valence-electron chi connectivity index (χ2n) is 8.32. The van der Waals surface area contributed by atoms with Crippen molar-refractivity contribution in [3.63, 3.8) is 0 Å². The van der Waals surface area contributed by atoms with Crippen LogP contribution in [-0.2, 0) is 6.42 Å². The first-order valence-corrected chi connectivity index (χ1v) is 12.1. The van der Waals surface area contributed by atoms with Gasteiger partial charge in [-0.25, -0.2) is 4.39 Å². The van der Waals surface area contributed by atoms with Crippen LogP contribution in [0, 0.1) is 5.82 Å². The minimum atomic E-state index is -0.477. The smallest absolute Gasteiger partial charge is 0.257 e. The standard InChI is InChI=1S/C25H29FN2O2S/c1-2-3-6-19-9-11-20(12-10-19)23(29)27-15-13-25(14-16-27)28(17-18-31-25)24(30)21-7-4-5-8-22(21)26/h4-5,7-12H,2-3,6,13-18H2,1H3. The maximum Gasteiger partial charge on any atom is 0.257 e. The summed E-state index contributed by atoms with van der Waals surface area (Å²) in [5.41, 5.74) is 2.11. The molecule has 0 atom stereocenters. The third-order valence-electron chi connectivity index (χ3n) is 6.38. The van der Waals surface area contributed by atoms with Crippen LogP contribution >= 0.6 is 11.8 Å². The predicted molar refractivity (Wildman–Crippen MR) is 123 cm³/mol. The van der Waals surface area contributed by atoms with Gasteiger partial charge in [-0.05, 0) is 55.5 Å². The highest BCUT2D eigenvalue weighted by Crippen LogP contribution is 2.44. The van der Waals surface area contributed by atoms with Gasteiger partial charge in [-0.3, -0.25) is 9.59 Å². The van der Waals surface area contributed by atoms with Gasteiger partial charge in [-0.2, -0.15) is 0 Å². The number of unbranched alkanes of at least 4 members (excludes halogenated alkanes) is 1. The van der Waals surface area contributed by atoms with Crippen LogP contribution in [0.5, 0.6) is 0 Å². The fraction of sp³-hybridized carbons (Fsp3) is 0.440. The minimum absolute atomic E-state index is 0.0480. The van der Waals surface area contributed by atoms with Crippen molar-refractivity contribution in [1.29, 1.82) is 0 Å². The zero-order valence-electron chi connectivity index (χ0n) is 18.0. The fourth-order valence-electron chi connectivity index (χ4n) is 4.53. The molecule has 0 bridgehead atoms. The van der Waals surface area contributed by atoms with Gasteiger partial charge in [0.2, 0.25) is 0 Å². The highest BCUT2D eigenvalue weighted by atomic mass is 32.2. The molecule has 2 aliphatic heterocycles. The van der Waals surface area contributed by atoms with Crippen LogP contribution in [-0.4, -0.2) is 51.9 Å². The minimum Gasteiger partial charge on any atom is -0.338 e. The van der Waals surface area contributed by atoms with Crippen LogP contribution in [0.2, 0.25) is 0 Å². The molecular weight excluding hydrogens is 411 g/mol. The summed E-state index contributed by atoms with van der Waals surface area (Å²) in [6, 6.07) is 14.1. The Morgan fingerprint density at radius 1 is 1.00 bits per heavy atom. The molecule has 2 aromatic carbocycles. The zero-order chi connectivity index (χ0) is 21.8. The Bertz CT molecular complexity index is 939. The van der Waals surface area contributed by atoms with Gasteiger partial charge in [-0.1, -0.05) is 37.6 Å². The van der Waals surface area contributed by atoms with Gasteiger partial charge >= 0.3 is 0 Å². The Labute approximate surface area is 187 Å². The molecule has 2 amide bonds. The molecule has 4 nitrogen and oxygen atoms in total. The Balaban J connectivity index is 1.41. The maximum absolute atomic E-state index is 14.2. The number of nitrogens with zero attached hydrogens (tertiary/aromatic N) is 2. The number of amides is 2. The molecule has 0 aliphatic carbocycles. The van der Waals surface area contributed by atoms with Gasteiger partial charge in [-0.15, -0.1) is 11.8 Å². The van der Waals surface area contributed by atoms with Crippen LogP contribution in [0.15, 0.2) is 48.5 Å². The molecule has 164 valence electrons. The Morgan fingerprint density at radius 3 is 2.39 bits per heavy atom. The second kappa shape index (κ2) is 9.43. The van der Waals surface area contributed by atoms with E-state index >= 15 is 0 Å². The first-order valence-electron chi connectivity index (χ1n) is 11.1. The lowest BCUT2D eigenvalue weighted by Crippen LogP contribution is -2.53. The van der Waals surface area contributed by atoms with E-state index in [0.29, 0.717) is 32.5 Å². The zero-order valence-corrected chi connectivity index (χ0v) is 18.8. The average molecular weight is 441 g/mol. The van der Waals surface area contributed by atoms with E-state index in [2.05, 4.69) is 19.1 Å². The van der Waals surface area contributed by atoms with Crippen molar-refractivity contribution in [3.8, 4) is 0 Å². The number of hydrogen-bond donors (Lipinski definition) is 0. The summed E-state index contributed by atoms with van der Waals surface area (Å²) in [5.74, 6) is 0.167. The highest BCUT2D eigenvalue weighted by Gasteiger charge is 2.47. The number of piperidine rings is 1. The van der Waals surface area contributed by atoms with Gasteiger partial charge in [0.25, 0.3) is 11.8 Å². The van der Waals surface area contributed by atoms with E-state index in [9.17, 15) is 14.0 Å². The molecule has 0 aromatic heterocycles. The first-order chi connectivity index (χ1) is 15.0. The third-order valence-corrected chi connectivity index (χ3v) is 7.93. The molecule has 6 heteroatoms. The van der Waals surface area contributed by atoms with Crippen LogP contribution in [0.3, 0.4) is 0 Å². The maximum atomic E-state index is 14.2. The van der Waals surface area contributed by atoms with E-state index in [1.807, 2.05) is 21.9 Å². The second-order valence-corrected chi connectivity index (χ2v) is 9.78. The van der Waals surface area contributed by atoms with Crippen molar-refractivity contribution >= 4 is 23.6 Å². The molecule has 0 saturated carbocycles. The number of hydrogen-bond acceptors (Lipinski definition) is 3. The molecule has 2 fully saturated rings. The third kappa shape index (κ3) is 4.49. The van der Waals surface area contributed by atoms with Crippen molar-refractivity contribution in [1.82, 2.24) is 9.80 Å². The molecule has 0 unspecified atom stereocenters. The number of carbonyl (C=O) groups is 2. The Hall–Kier alpha value is -2.34. The van der Waals surface area contributed by atoms with Crippen molar-refractivity contribution < 1.29 is 14.0 Å². The number of likely N-dealkylation sites (tertiary alicyclic amines) is 1. The summed E-state index contributed by atoms with van der Waals surface area (Å²) < 4.78 is 14.2. The van der Waals surface area contributed by atoms with Crippen LogP contribution in [0.1, 0.15) is 58.9 Å². The molecule has 2 heterocycles. The van der Waals surface area contributed by atoms with E-state index in [4.69, 9.17) is 0 Å². The van der Waals surface area contributed by atoms with E-state index in [0.717, 1.165) is 30.6 Å². The number of halogens is 1. The SMILES string of the molecule is CCCCc1ccc(C(=O)N2CCC3(CC2)SCCN3C(=O)c2ccccc2F)cc1. The molecule has 0 N–H and O–H groups in total. The van der Waals surface area contributed by atoms with Gasteiger partial charge in [0.05, 0.1) is 10.4 Å². The van der Waals surface area contributed by atoms with Crippen molar-refractivity contribution in [3.05, 3.63) is 71.0 Å². The van der Waals surface area contributed by atoms with Gasteiger partial charge in [0.1, 0.15) is 5.82 Å². The lowest BCUT2D eigenvalue weighted by Gasteiger charge is -2.44. The topological polar surface area (TPSA) is 40.6 Å². The summed E-state index contributed by atoms with van der Waals surface area (Å²) in [5, 5.41) is 0. The monoisotopic (exact) mass is 440 g/mol. The number of benzene rings is 2. The number of rotatable bonds is 5. The predicted octanol–water partition coefficient (Wildman–Crippen LogP) is 4.99. The summed E-state index contributed by atoms with van der Waals surface area (Å²) in [7, 11) is 0. The highest BCUT2D eigenvalue weighted by molar-refractivity contribution is 8.00. The quantitative estimate of drug-likeness (QED) is 0.658. The summed E-state index contributed by atoms with van der Waals surface area (Å²) in [6.45, 7) is 3.99. The molecule has 0 radical (unpaired) electrons. The largest absolute Gasteiger partial charge is 0.338 e. The van der Waals surface area contributed by atoms with Gasteiger partial charge in [0, 0.05) is 31.0 Å². The Kier molecular flexibility index (Phi) is 6.65. The summed E-state index contributed by atoms with van der Waals surface area (Å²) in [6.07, 6.45) is 4.77. The molecular formula is C25H29FN2O2S. The number of aryl methyl sites for hydroxylation is 1. The van der Waals surface area contributed by atoms with Crippen LogP contribution < -0.4 is 0 Å².